The summed E-state index contributed by atoms with van der Waals surface area (Å²) in [6.07, 6.45) is 6.65. The van der Waals surface area contributed by atoms with E-state index in [4.69, 9.17) is 12.2 Å². The highest BCUT2D eigenvalue weighted by Crippen LogP contribution is 2.52. The Labute approximate surface area is 130 Å². The molecule has 4 nitrogen and oxygen atoms in total. The topological polar surface area (TPSA) is 38.5 Å². The molecule has 2 aliphatic carbocycles. The molecular weight excluding hydrogens is 280 g/mol. The zero-order chi connectivity index (χ0) is 14.7. The van der Waals surface area contributed by atoms with Crippen molar-refractivity contribution in [3.8, 4) is 0 Å². The number of nitrogens with zero attached hydrogens (tertiary/aromatic N) is 3. The summed E-state index contributed by atoms with van der Waals surface area (Å²) in [6.45, 7) is 4.50. The van der Waals surface area contributed by atoms with Crippen molar-refractivity contribution in [3.05, 3.63) is 10.5 Å². The second kappa shape index (κ2) is 4.70. The average molecular weight is 304 g/mol. The highest BCUT2D eigenvalue weighted by molar-refractivity contribution is 7.71. The molecule has 0 saturated heterocycles. The Morgan fingerprint density at radius 2 is 2.19 bits per heavy atom. The summed E-state index contributed by atoms with van der Waals surface area (Å²) in [6, 6.07) is 0.474. The van der Waals surface area contributed by atoms with Crippen molar-refractivity contribution in [1.82, 2.24) is 19.3 Å². The Bertz CT molecular complexity index is 737. The van der Waals surface area contributed by atoms with Crippen LogP contribution in [0.2, 0.25) is 0 Å². The normalized spacial score (nSPS) is 29.6. The van der Waals surface area contributed by atoms with Crippen molar-refractivity contribution in [3.63, 3.8) is 0 Å². The van der Waals surface area contributed by atoms with Gasteiger partial charge in [-0.1, -0.05) is 13.3 Å². The lowest BCUT2D eigenvalue weighted by Gasteiger charge is -2.29. The molecule has 0 amide bonds. The molecule has 4 unspecified atom stereocenters. The van der Waals surface area contributed by atoms with Crippen LogP contribution < -0.4 is 0 Å². The molecule has 0 radical (unpaired) electrons. The van der Waals surface area contributed by atoms with Gasteiger partial charge in [0.1, 0.15) is 5.52 Å². The number of H-pyrrole nitrogens is 1. The average Bonchev–Trinajstić information content (AvgIpc) is 3.20. The van der Waals surface area contributed by atoms with Crippen molar-refractivity contribution in [1.29, 1.82) is 0 Å². The van der Waals surface area contributed by atoms with Crippen LogP contribution in [0.1, 0.15) is 51.3 Å². The van der Waals surface area contributed by atoms with Crippen LogP contribution in [0, 0.1) is 22.5 Å². The summed E-state index contributed by atoms with van der Waals surface area (Å²) in [5.41, 5.74) is 3.43. The molecular formula is C16H24N4S. The number of fused-ring (bicyclic) bond motifs is 3. The molecule has 2 saturated carbocycles. The van der Waals surface area contributed by atoms with E-state index in [1.807, 2.05) is 11.7 Å². The number of aromatic amines is 1. The fourth-order valence-electron chi connectivity index (χ4n) is 4.94. The van der Waals surface area contributed by atoms with Crippen molar-refractivity contribution < 1.29 is 0 Å². The van der Waals surface area contributed by atoms with Crippen LogP contribution in [-0.2, 0) is 13.5 Å². The summed E-state index contributed by atoms with van der Waals surface area (Å²) in [4.78, 5) is 3.41. The summed E-state index contributed by atoms with van der Waals surface area (Å²) in [5, 5.41) is 4.65. The second-order valence-electron chi connectivity index (χ2n) is 7.00. The van der Waals surface area contributed by atoms with Gasteiger partial charge in [0.15, 0.2) is 10.4 Å². The van der Waals surface area contributed by atoms with E-state index in [1.54, 1.807) is 0 Å². The first-order valence-corrected chi connectivity index (χ1v) is 8.67. The first kappa shape index (κ1) is 13.6. The van der Waals surface area contributed by atoms with Crippen LogP contribution in [0.3, 0.4) is 0 Å². The highest BCUT2D eigenvalue weighted by atomic mass is 32.1. The lowest BCUT2D eigenvalue weighted by molar-refractivity contribution is 0.243. The minimum atomic E-state index is 0.474. The van der Waals surface area contributed by atoms with Gasteiger partial charge in [-0.15, -0.1) is 0 Å². The maximum absolute atomic E-state index is 5.64. The van der Waals surface area contributed by atoms with Gasteiger partial charge in [0.25, 0.3) is 0 Å². The Kier molecular flexibility index (Phi) is 3.03. The van der Waals surface area contributed by atoms with Gasteiger partial charge in [-0.05, 0) is 62.6 Å². The van der Waals surface area contributed by atoms with E-state index in [-0.39, 0.29) is 0 Å². The summed E-state index contributed by atoms with van der Waals surface area (Å²) in [7, 11) is 2.04. The highest BCUT2D eigenvalue weighted by Gasteiger charge is 2.42. The molecule has 0 spiro atoms. The molecule has 1 N–H and O–H groups in total. The molecule has 21 heavy (non-hydrogen) atoms. The Balaban J connectivity index is 1.81. The molecule has 2 heterocycles. The van der Waals surface area contributed by atoms with Crippen molar-refractivity contribution in [2.75, 3.05) is 0 Å². The van der Waals surface area contributed by atoms with Gasteiger partial charge >= 0.3 is 0 Å². The van der Waals surface area contributed by atoms with Crippen LogP contribution in [0.25, 0.3) is 11.2 Å². The molecule has 2 bridgehead atoms. The second-order valence-corrected chi connectivity index (χ2v) is 7.39. The van der Waals surface area contributed by atoms with E-state index in [0.717, 1.165) is 40.2 Å². The molecule has 114 valence electrons. The van der Waals surface area contributed by atoms with Crippen LogP contribution in [-0.4, -0.2) is 19.3 Å². The van der Waals surface area contributed by atoms with Crippen LogP contribution in [0.4, 0.5) is 0 Å². The predicted octanol–water partition coefficient (Wildman–Crippen LogP) is 3.99. The standard InChI is InChI=1S/C16H24N4S/c1-4-13-14-15(19(3)18-13)20(16(21)17-14)9(2)12-8-10-5-6-11(12)7-10/h9-12H,4-8H2,1-3H3,(H,17,21). The van der Waals surface area contributed by atoms with Gasteiger partial charge in [-0.25, -0.2) is 0 Å². The van der Waals surface area contributed by atoms with Crippen molar-refractivity contribution in [2.45, 2.75) is 52.0 Å². The van der Waals surface area contributed by atoms with Gasteiger partial charge in [0, 0.05) is 13.1 Å². The molecule has 0 aromatic carbocycles. The molecule has 2 fully saturated rings. The van der Waals surface area contributed by atoms with Gasteiger partial charge in [0.2, 0.25) is 0 Å². The largest absolute Gasteiger partial charge is 0.328 e. The first-order chi connectivity index (χ1) is 10.1. The molecule has 4 atom stereocenters. The van der Waals surface area contributed by atoms with Gasteiger partial charge < -0.3 is 4.98 Å². The van der Waals surface area contributed by atoms with E-state index < -0.39 is 0 Å². The third-order valence-electron chi connectivity index (χ3n) is 5.92. The minimum absolute atomic E-state index is 0.474. The van der Waals surface area contributed by atoms with Gasteiger partial charge in [0.05, 0.1) is 5.69 Å². The van der Waals surface area contributed by atoms with E-state index in [9.17, 15) is 0 Å². The van der Waals surface area contributed by atoms with E-state index in [1.165, 1.54) is 31.3 Å². The maximum Gasteiger partial charge on any atom is 0.179 e. The predicted molar refractivity (Wildman–Crippen MR) is 86.9 cm³/mol. The summed E-state index contributed by atoms with van der Waals surface area (Å²) < 4.78 is 5.20. The van der Waals surface area contributed by atoms with Crippen molar-refractivity contribution in [2.24, 2.45) is 24.8 Å². The quantitative estimate of drug-likeness (QED) is 0.871. The number of rotatable bonds is 3. The van der Waals surface area contributed by atoms with E-state index in [2.05, 4.69) is 28.5 Å². The molecule has 2 aromatic rings. The van der Waals surface area contributed by atoms with Crippen LogP contribution in [0.15, 0.2) is 0 Å². The number of nitrogens with one attached hydrogen (secondary N) is 1. The fraction of sp³-hybridized carbons (Fsp3) is 0.750. The lowest BCUT2D eigenvalue weighted by Crippen LogP contribution is -2.22. The zero-order valence-electron chi connectivity index (χ0n) is 13.1. The Morgan fingerprint density at radius 3 is 2.81 bits per heavy atom. The summed E-state index contributed by atoms with van der Waals surface area (Å²) in [5.74, 6) is 2.67. The number of imidazole rings is 1. The SMILES string of the molecule is CCc1nn(C)c2c1[nH]c(=S)n2C(C)C1CC2CCC1C2. The number of hydrogen-bond acceptors (Lipinski definition) is 2. The molecule has 5 heteroatoms. The molecule has 2 aromatic heterocycles. The number of aromatic nitrogens is 4. The lowest BCUT2D eigenvalue weighted by atomic mass is 9.84. The van der Waals surface area contributed by atoms with Crippen molar-refractivity contribution >= 4 is 23.4 Å². The molecule has 4 rings (SSSR count). The number of aryl methyl sites for hydroxylation is 2. The molecule has 0 aliphatic heterocycles. The Hall–Kier alpha value is -1.10. The minimum Gasteiger partial charge on any atom is -0.328 e. The third-order valence-corrected chi connectivity index (χ3v) is 6.22. The third kappa shape index (κ3) is 1.86. The number of hydrogen-bond donors (Lipinski definition) is 1. The van der Waals surface area contributed by atoms with Crippen LogP contribution in [0.5, 0.6) is 0 Å². The van der Waals surface area contributed by atoms with E-state index in [0.29, 0.717) is 6.04 Å². The van der Waals surface area contributed by atoms with Gasteiger partial charge in [-0.3, -0.25) is 9.25 Å². The smallest absolute Gasteiger partial charge is 0.179 e. The first-order valence-electron chi connectivity index (χ1n) is 8.26. The van der Waals surface area contributed by atoms with Gasteiger partial charge in [-0.2, -0.15) is 5.10 Å². The monoisotopic (exact) mass is 304 g/mol. The van der Waals surface area contributed by atoms with Crippen LogP contribution >= 0.6 is 12.2 Å². The summed E-state index contributed by atoms with van der Waals surface area (Å²) >= 11 is 5.64. The fourth-order valence-corrected chi connectivity index (χ4v) is 5.29. The maximum atomic E-state index is 5.64. The molecule has 2 aliphatic rings. The Morgan fingerprint density at radius 1 is 1.38 bits per heavy atom. The zero-order valence-corrected chi connectivity index (χ0v) is 13.9. The van der Waals surface area contributed by atoms with E-state index >= 15 is 0 Å².